The van der Waals surface area contributed by atoms with Crippen molar-refractivity contribution in [1.82, 2.24) is 4.90 Å². The fourth-order valence-electron chi connectivity index (χ4n) is 4.54. The summed E-state index contributed by atoms with van der Waals surface area (Å²) in [6.45, 7) is 0.308. The molecule has 178 valence electrons. The summed E-state index contributed by atoms with van der Waals surface area (Å²) >= 11 is 0. The molecule has 3 aliphatic rings. The van der Waals surface area contributed by atoms with Crippen LogP contribution in [-0.2, 0) is 9.53 Å². The van der Waals surface area contributed by atoms with E-state index in [0.29, 0.717) is 46.9 Å². The zero-order chi connectivity index (χ0) is 23.8. The van der Waals surface area contributed by atoms with Crippen LogP contribution in [0.1, 0.15) is 40.0 Å². The summed E-state index contributed by atoms with van der Waals surface area (Å²) in [4.78, 5) is 38.7. The molecule has 2 amide bonds. The Kier molecular flexibility index (Phi) is 5.74. The standard InChI is InChI=1S/C24H24N2O8/c1-26-17-5-4-15(10-22(27)28)34-21(17)11-31-18-7-3-14(9-16(18)24(26)30)25-23(29)13-2-6-19-20(8-13)33-12-32-19/h2-3,6-9,15,17,21H,4-5,10-12H2,1H3,(H,25,29)(H,27,28)/t15-,17+,21-/m0/s1. The Bertz CT molecular complexity index is 1150. The number of amides is 2. The number of hydrogen-bond donors (Lipinski definition) is 2. The summed E-state index contributed by atoms with van der Waals surface area (Å²) in [6, 6.07) is 9.56. The van der Waals surface area contributed by atoms with Gasteiger partial charge in [-0.05, 0) is 49.2 Å². The number of fused-ring (bicyclic) bond motifs is 3. The molecule has 3 atom stereocenters. The average molecular weight is 468 g/mol. The van der Waals surface area contributed by atoms with Gasteiger partial charge in [0.15, 0.2) is 11.5 Å². The van der Waals surface area contributed by atoms with Crippen molar-refractivity contribution in [3.63, 3.8) is 0 Å². The summed E-state index contributed by atoms with van der Waals surface area (Å²) in [5, 5.41) is 11.9. The van der Waals surface area contributed by atoms with Gasteiger partial charge >= 0.3 is 5.97 Å². The number of ether oxygens (including phenoxy) is 4. The maximum Gasteiger partial charge on any atom is 0.305 e. The fourth-order valence-corrected chi connectivity index (χ4v) is 4.54. The molecule has 0 aliphatic carbocycles. The first-order chi connectivity index (χ1) is 16.4. The highest BCUT2D eigenvalue weighted by Crippen LogP contribution is 2.34. The molecule has 0 bridgehead atoms. The van der Waals surface area contributed by atoms with Crippen molar-refractivity contribution in [3.8, 4) is 17.2 Å². The van der Waals surface area contributed by atoms with Crippen LogP contribution in [0.5, 0.6) is 17.2 Å². The number of likely N-dealkylation sites (N-methyl/N-ethyl adjacent to an activating group) is 1. The Morgan fingerprint density at radius 3 is 2.68 bits per heavy atom. The molecule has 2 aromatic rings. The molecule has 2 aromatic carbocycles. The van der Waals surface area contributed by atoms with E-state index in [0.717, 1.165) is 0 Å². The molecular formula is C24H24N2O8. The van der Waals surface area contributed by atoms with E-state index in [4.69, 9.17) is 24.1 Å². The maximum atomic E-state index is 13.3. The molecule has 3 heterocycles. The van der Waals surface area contributed by atoms with Crippen LogP contribution in [0.25, 0.3) is 0 Å². The summed E-state index contributed by atoms with van der Waals surface area (Å²) in [5.41, 5.74) is 1.18. The monoisotopic (exact) mass is 468 g/mol. The predicted octanol–water partition coefficient (Wildman–Crippen LogP) is 2.52. The van der Waals surface area contributed by atoms with Crippen molar-refractivity contribution in [2.24, 2.45) is 0 Å². The van der Waals surface area contributed by atoms with Gasteiger partial charge in [-0.15, -0.1) is 0 Å². The van der Waals surface area contributed by atoms with Crippen molar-refractivity contribution in [2.45, 2.75) is 37.5 Å². The smallest absolute Gasteiger partial charge is 0.305 e. The van der Waals surface area contributed by atoms with E-state index in [1.807, 2.05) is 0 Å². The van der Waals surface area contributed by atoms with Gasteiger partial charge in [0.25, 0.3) is 11.8 Å². The number of carbonyl (C=O) groups excluding carboxylic acids is 2. The second-order valence-corrected chi connectivity index (χ2v) is 8.50. The highest BCUT2D eigenvalue weighted by molar-refractivity contribution is 6.06. The summed E-state index contributed by atoms with van der Waals surface area (Å²) in [7, 11) is 1.70. The van der Waals surface area contributed by atoms with Crippen LogP contribution in [0.3, 0.4) is 0 Å². The van der Waals surface area contributed by atoms with E-state index in [9.17, 15) is 14.4 Å². The Labute approximate surface area is 195 Å². The molecule has 0 aromatic heterocycles. The fraction of sp³-hybridized carbons (Fsp3) is 0.375. The normalized spacial score (nSPS) is 23.1. The molecule has 0 unspecified atom stereocenters. The van der Waals surface area contributed by atoms with Gasteiger partial charge in [-0.3, -0.25) is 14.4 Å². The summed E-state index contributed by atoms with van der Waals surface area (Å²) in [5.74, 6) is -0.0607. The molecule has 0 spiro atoms. The molecule has 10 heteroatoms. The minimum absolute atomic E-state index is 0.0795. The van der Waals surface area contributed by atoms with E-state index < -0.39 is 18.2 Å². The number of nitrogens with zero attached hydrogens (tertiary/aromatic N) is 1. The van der Waals surface area contributed by atoms with Gasteiger partial charge in [-0.25, -0.2) is 0 Å². The zero-order valence-corrected chi connectivity index (χ0v) is 18.5. The molecule has 2 N–H and O–H groups in total. The lowest BCUT2D eigenvalue weighted by atomic mass is 9.94. The van der Waals surface area contributed by atoms with Crippen molar-refractivity contribution < 1.29 is 38.4 Å². The van der Waals surface area contributed by atoms with Crippen LogP contribution in [0.2, 0.25) is 0 Å². The van der Waals surface area contributed by atoms with Crippen molar-refractivity contribution in [3.05, 3.63) is 47.5 Å². The van der Waals surface area contributed by atoms with E-state index in [-0.39, 0.29) is 37.7 Å². The molecule has 0 saturated carbocycles. The third kappa shape index (κ3) is 4.24. The van der Waals surface area contributed by atoms with Gasteiger partial charge in [0.2, 0.25) is 6.79 Å². The number of aliphatic carboxylic acids is 1. The number of carbonyl (C=O) groups is 3. The zero-order valence-electron chi connectivity index (χ0n) is 18.5. The Hall–Kier alpha value is -3.79. The molecular weight excluding hydrogens is 444 g/mol. The van der Waals surface area contributed by atoms with Crippen molar-refractivity contribution in [1.29, 1.82) is 0 Å². The molecule has 1 saturated heterocycles. The van der Waals surface area contributed by atoms with E-state index in [1.165, 1.54) is 0 Å². The van der Waals surface area contributed by atoms with Crippen LogP contribution in [0.4, 0.5) is 5.69 Å². The van der Waals surface area contributed by atoms with E-state index in [2.05, 4.69) is 5.32 Å². The van der Waals surface area contributed by atoms with Crippen LogP contribution in [0, 0.1) is 0 Å². The number of nitrogens with one attached hydrogen (secondary N) is 1. The first-order valence-electron chi connectivity index (χ1n) is 11.0. The molecule has 3 aliphatic heterocycles. The van der Waals surface area contributed by atoms with E-state index in [1.54, 1.807) is 48.3 Å². The van der Waals surface area contributed by atoms with E-state index >= 15 is 0 Å². The van der Waals surface area contributed by atoms with Crippen molar-refractivity contribution in [2.75, 3.05) is 25.8 Å². The first-order valence-corrected chi connectivity index (χ1v) is 11.0. The van der Waals surface area contributed by atoms with Crippen molar-refractivity contribution >= 4 is 23.5 Å². The molecule has 10 nitrogen and oxygen atoms in total. The molecule has 5 rings (SSSR count). The largest absolute Gasteiger partial charge is 0.490 e. The van der Waals surface area contributed by atoms with Crippen LogP contribution < -0.4 is 19.5 Å². The highest BCUT2D eigenvalue weighted by Gasteiger charge is 2.39. The SMILES string of the molecule is CN1C(=O)c2cc(NC(=O)c3ccc4c(c3)OCO4)ccc2OC[C@@H]2O[C@H](CC(=O)O)CC[C@H]21. The second-order valence-electron chi connectivity index (χ2n) is 8.50. The quantitative estimate of drug-likeness (QED) is 0.702. The van der Waals surface area contributed by atoms with Crippen LogP contribution in [0.15, 0.2) is 36.4 Å². The topological polar surface area (TPSA) is 124 Å². The molecule has 34 heavy (non-hydrogen) atoms. The molecule has 0 radical (unpaired) electrons. The number of anilines is 1. The Morgan fingerprint density at radius 2 is 1.85 bits per heavy atom. The summed E-state index contributed by atoms with van der Waals surface area (Å²) in [6.07, 6.45) is 0.251. The number of hydrogen-bond acceptors (Lipinski definition) is 7. The number of carboxylic acid groups (broad SMARTS) is 1. The van der Waals surface area contributed by atoms with Crippen LogP contribution in [-0.4, -0.2) is 66.5 Å². The first kappa shape index (κ1) is 22.0. The Morgan fingerprint density at radius 1 is 1.06 bits per heavy atom. The van der Waals surface area contributed by atoms with Gasteiger partial charge in [0.1, 0.15) is 18.5 Å². The third-order valence-electron chi connectivity index (χ3n) is 6.31. The van der Waals surface area contributed by atoms with Gasteiger partial charge in [0, 0.05) is 18.3 Å². The minimum atomic E-state index is -0.916. The van der Waals surface area contributed by atoms with Crippen LogP contribution >= 0.6 is 0 Å². The number of carboxylic acids is 1. The second kappa shape index (κ2) is 8.86. The summed E-state index contributed by atoms with van der Waals surface area (Å²) < 4.78 is 22.5. The Balaban J connectivity index is 1.34. The minimum Gasteiger partial charge on any atom is -0.490 e. The third-order valence-corrected chi connectivity index (χ3v) is 6.31. The van der Waals surface area contributed by atoms with Gasteiger partial charge in [-0.1, -0.05) is 0 Å². The maximum absolute atomic E-state index is 13.3. The predicted molar refractivity (Wildman–Crippen MR) is 118 cm³/mol. The molecule has 1 fully saturated rings. The van der Waals surface area contributed by atoms with Gasteiger partial charge < -0.3 is 34.3 Å². The lowest BCUT2D eigenvalue weighted by molar-refractivity contribution is -0.148. The van der Waals surface area contributed by atoms with Gasteiger partial charge in [-0.2, -0.15) is 0 Å². The number of benzene rings is 2. The van der Waals surface area contributed by atoms with Gasteiger partial charge in [0.05, 0.1) is 24.1 Å². The lowest BCUT2D eigenvalue weighted by Gasteiger charge is -2.42. The lowest BCUT2D eigenvalue weighted by Crippen LogP contribution is -2.53. The highest BCUT2D eigenvalue weighted by atomic mass is 16.7. The average Bonchev–Trinajstić information content (AvgIpc) is 3.29. The number of rotatable bonds is 4.